The van der Waals surface area contributed by atoms with Crippen LogP contribution in [0.1, 0.15) is 5.56 Å². The number of thiazole rings is 1. The number of nitro groups is 1. The van der Waals surface area contributed by atoms with Crippen LogP contribution in [0, 0.1) is 15.9 Å². The van der Waals surface area contributed by atoms with E-state index in [1.165, 1.54) is 24.3 Å². The van der Waals surface area contributed by atoms with Crippen molar-refractivity contribution in [3.05, 3.63) is 64.0 Å². The molecule has 0 unspecified atom stereocenters. The number of benzene rings is 2. The van der Waals surface area contributed by atoms with Crippen LogP contribution in [-0.2, 0) is 6.54 Å². The molecule has 118 valence electrons. The van der Waals surface area contributed by atoms with Gasteiger partial charge in [-0.25, -0.2) is 19.5 Å². The van der Waals surface area contributed by atoms with Gasteiger partial charge in [0.05, 0.1) is 10.2 Å². The summed E-state index contributed by atoms with van der Waals surface area (Å²) in [5, 5.41) is 11.9. The number of para-hydroxylation sites is 1. The van der Waals surface area contributed by atoms with E-state index >= 15 is 0 Å². The molecule has 0 saturated carbocycles. The van der Waals surface area contributed by atoms with E-state index in [-0.39, 0.29) is 6.54 Å². The third-order valence-corrected chi connectivity index (χ3v) is 5.31. The first-order valence-electron chi connectivity index (χ1n) is 6.68. The van der Waals surface area contributed by atoms with Gasteiger partial charge in [-0.05, 0) is 36.6 Å². The lowest BCUT2D eigenvalue weighted by molar-refractivity contribution is -0.496. The van der Waals surface area contributed by atoms with Crippen molar-refractivity contribution in [3.8, 4) is 0 Å². The molecule has 0 N–H and O–H groups in total. The van der Waals surface area contributed by atoms with Crippen LogP contribution in [0.4, 0.5) is 10.1 Å². The Morgan fingerprint density at radius 3 is 2.70 bits per heavy atom. The molecular weight excluding hydrogens is 337 g/mol. The molecule has 3 aromatic rings. The number of hydrazine groups is 1. The molecule has 23 heavy (non-hydrogen) atoms. The Bertz CT molecular complexity index is 852. The second-order valence-electron chi connectivity index (χ2n) is 4.72. The van der Waals surface area contributed by atoms with Crippen LogP contribution in [-0.4, -0.2) is 16.3 Å². The highest BCUT2D eigenvalue weighted by atomic mass is 32.2. The summed E-state index contributed by atoms with van der Waals surface area (Å²) in [6, 6.07) is 10.8. The van der Waals surface area contributed by atoms with Crippen molar-refractivity contribution in [1.29, 1.82) is 0 Å². The molecule has 0 aliphatic carbocycles. The van der Waals surface area contributed by atoms with Gasteiger partial charge in [0, 0.05) is 5.56 Å². The molecule has 0 radical (unpaired) electrons. The van der Waals surface area contributed by atoms with E-state index in [0.717, 1.165) is 25.1 Å². The zero-order valence-corrected chi connectivity index (χ0v) is 13.7. The van der Waals surface area contributed by atoms with Gasteiger partial charge in [0.2, 0.25) is 0 Å². The molecule has 0 aliphatic heterocycles. The topological polar surface area (TPSA) is 59.3 Å². The van der Waals surface area contributed by atoms with Crippen LogP contribution in [0.2, 0.25) is 0 Å². The molecule has 5 nitrogen and oxygen atoms in total. The van der Waals surface area contributed by atoms with Crippen LogP contribution in [0.3, 0.4) is 0 Å². The van der Waals surface area contributed by atoms with Crippen molar-refractivity contribution >= 4 is 39.0 Å². The van der Waals surface area contributed by atoms with Crippen LogP contribution in [0.25, 0.3) is 10.2 Å². The third-order valence-electron chi connectivity index (χ3n) is 3.30. The minimum atomic E-state index is -0.492. The first-order valence-corrected chi connectivity index (χ1v) is 8.72. The number of anilines is 1. The second kappa shape index (κ2) is 6.51. The molecule has 1 heterocycles. The fraction of sp³-hybridized carbons (Fsp3) is 0.133. The smallest absolute Gasteiger partial charge is 0.165 e. The Morgan fingerprint density at radius 2 is 2.04 bits per heavy atom. The fourth-order valence-corrected chi connectivity index (χ4v) is 3.75. The molecular formula is C15H12FN3O2S2. The van der Waals surface area contributed by atoms with Crippen LogP contribution in [0.5, 0.6) is 0 Å². The first-order chi connectivity index (χ1) is 11.1. The average molecular weight is 349 g/mol. The van der Waals surface area contributed by atoms with E-state index < -0.39 is 10.8 Å². The molecule has 8 heteroatoms. The predicted molar refractivity (Wildman–Crippen MR) is 91.0 cm³/mol. The molecule has 0 fully saturated rings. The van der Waals surface area contributed by atoms with Gasteiger partial charge < -0.3 is 0 Å². The number of nitrogens with zero attached hydrogens (tertiary/aromatic N) is 3. The number of aromatic nitrogens is 1. The number of halogens is 1. The summed E-state index contributed by atoms with van der Waals surface area (Å²) in [7, 11) is 0. The molecule has 1 aromatic heterocycles. The van der Waals surface area contributed by atoms with Crippen molar-refractivity contribution in [2.45, 2.75) is 10.9 Å². The van der Waals surface area contributed by atoms with E-state index in [2.05, 4.69) is 4.98 Å². The van der Waals surface area contributed by atoms with Gasteiger partial charge in [0.25, 0.3) is 0 Å². The highest BCUT2D eigenvalue weighted by Crippen LogP contribution is 2.31. The summed E-state index contributed by atoms with van der Waals surface area (Å²) in [4.78, 5) is 15.9. The molecule has 3 rings (SSSR count). The van der Waals surface area contributed by atoms with Crippen LogP contribution in [0.15, 0.2) is 46.8 Å². The van der Waals surface area contributed by atoms with Crippen LogP contribution >= 0.6 is 23.1 Å². The summed E-state index contributed by atoms with van der Waals surface area (Å²) in [6.07, 6.45) is 1.94. The lowest BCUT2D eigenvalue weighted by atomic mass is 10.2. The quantitative estimate of drug-likeness (QED) is 0.389. The number of hydrogen-bond donors (Lipinski definition) is 0. The predicted octanol–water partition coefficient (Wildman–Crippen LogP) is 4.36. The van der Waals surface area contributed by atoms with Crippen molar-refractivity contribution < 1.29 is 9.42 Å². The largest absolute Gasteiger partial charge is 0.234 e. The van der Waals surface area contributed by atoms with Gasteiger partial charge in [-0.1, -0.05) is 28.9 Å². The van der Waals surface area contributed by atoms with Gasteiger partial charge >= 0.3 is 0 Å². The van der Waals surface area contributed by atoms with Crippen molar-refractivity contribution in [1.82, 2.24) is 4.98 Å². The van der Waals surface area contributed by atoms with Crippen LogP contribution < -0.4 is 5.01 Å². The van der Waals surface area contributed by atoms with E-state index in [1.54, 1.807) is 23.1 Å². The Balaban J connectivity index is 1.99. The summed E-state index contributed by atoms with van der Waals surface area (Å²) < 4.78 is 14.9. The monoisotopic (exact) mass is 349 g/mol. The summed E-state index contributed by atoms with van der Waals surface area (Å²) in [5.74, 6) is -0.428. The molecule has 0 amide bonds. The third kappa shape index (κ3) is 3.27. The lowest BCUT2D eigenvalue weighted by Crippen LogP contribution is -2.29. The number of hydrogen-bond acceptors (Lipinski definition) is 5. The molecule has 0 atom stereocenters. The number of fused-ring (bicyclic) bond motifs is 1. The van der Waals surface area contributed by atoms with E-state index in [4.69, 9.17) is 0 Å². The second-order valence-corrected chi connectivity index (χ2v) is 6.80. The van der Waals surface area contributed by atoms with Crippen molar-refractivity contribution in [2.24, 2.45) is 0 Å². The molecule has 0 saturated heterocycles. The Morgan fingerprint density at radius 1 is 1.30 bits per heavy atom. The van der Waals surface area contributed by atoms with Gasteiger partial charge in [-0.15, -0.1) is 11.3 Å². The van der Waals surface area contributed by atoms with E-state index in [9.17, 15) is 14.5 Å². The summed E-state index contributed by atoms with van der Waals surface area (Å²) >= 11 is 3.10. The van der Waals surface area contributed by atoms with Gasteiger partial charge in [0.1, 0.15) is 18.0 Å². The zero-order valence-electron chi connectivity index (χ0n) is 12.1. The molecule has 0 spiro atoms. The summed E-state index contributed by atoms with van der Waals surface area (Å²) in [6.45, 7) is 0.0630. The first kappa shape index (κ1) is 15.7. The SMILES string of the molecule is CSc1nc2c(CN(c3ccc(F)cc3)[N+](=O)[O-])cccc2s1. The molecule has 0 bridgehead atoms. The maximum Gasteiger partial charge on any atom is 0.165 e. The number of thioether (sulfide) groups is 1. The Kier molecular flexibility index (Phi) is 4.44. The van der Waals surface area contributed by atoms with E-state index in [1.807, 2.05) is 24.5 Å². The van der Waals surface area contributed by atoms with E-state index in [0.29, 0.717) is 5.69 Å². The average Bonchev–Trinajstić information content (AvgIpc) is 2.97. The normalized spacial score (nSPS) is 10.9. The maximum absolute atomic E-state index is 13.0. The minimum absolute atomic E-state index is 0.0630. The maximum atomic E-state index is 13.0. The van der Waals surface area contributed by atoms with Crippen molar-refractivity contribution in [2.75, 3.05) is 11.3 Å². The van der Waals surface area contributed by atoms with Gasteiger partial charge in [0.15, 0.2) is 9.37 Å². The Labute approximate surface area is 139 Å². The Hall–Kier alpha value is -2.19. The summed E-state index contributed by atoms with van der Waals surface area (Å²) in [5.41, 5.74) is 1.87. The fourth-order valence-electron chi connectivity index (χ4n) is 2.22. The van der Waals surface area contributed by atoms with Gasteiger partial charge in [-0.2, -0.15) is 0 Å². The van der Waals surface area contributed by atoms with Gasteiger partial charge in [-0.3, -0.25) is 0 Å². The minimum Gasteiger partial charge on any atom is -0.234 e. The molecule has 2 aromatic carbocycles. The zero-order chi connectivity index (χ0) is 16.4. The highest BCUT2D eigenvalue weighted by molar-refractivity contribution is 8.00. The standard InChI is InChI=1S/C15H12FN3O2S2/c1-22-15-17-14-10(3-2-4-13(14)23-15)9-18(19(20)21)12-7-5-11(16)6-8-12/h2-8H,9H2,1H3. The highest BCUT2D eigenvalue weighted by Gasteiger charge is 2.20. The number of rotatable bonds is 5. The molecule has 0 aliphatic rings. The van der Waals surface area contributed by atoms with Crippen molar-refractivity contribution in [3.63, 3.8) is 0 Å². The lowest BCUT2D eigenvalue weighted by Gasteiger charge is -2.14.